The van der Waals surface area contributed by atoms with Crippen molar-refractivity contribution >= 4 is 31.9 Å². The first-order valence-corrected chi connectivity index (χ1v) is 6.22. The van der Waals surface area contributed by atoms with Crippen molar-refractivity contribution in [2.24, 2.45) is 5.11 Å². The largest absolute Gasteiger partial charge is 0.297 e. The molecule has 1 atom stereocenters. The molecular weight excluding hydrogens is 352 g/mol. The van der Waals surface area contributed by atoms with Crippen molar-refractivity contribution in [2.75, 3.05) is 13.1 Å². The maximum atomic E-state index is 9.04. The number of azide groups is 1. The van der Waals surface area contributed by atoms with Gasteiger partial charge < -0.3 is 0 Å². The average Bonchev–Trinajstić information content (AvgIpc) is 2.31. The zero-order valence-electron chi connectivity index (χ0n) is 8.64. The van der Waals surface area contributed by atoms with Gasteiger partial charge in [-0.05, 0) is 43.5 Å². The highest BCUT2D eigenvalue weighted by molar-refractivity contribution is 9.11. The van der Waals surface area contributed by atoms with E-state index in [1.165, 1.54) is 0 Å². The summed E-state index contributed by atoms with van der Waals surface area (Å²) in [6.45, 7) is 0.718. The molecule has 0 bridgehead atoms. The predicted molar refractivity (Wildman–Crippen MR) is 70.0 cm³/mol. The summed E-state index contributed by atoms with van der Waals surface area (Å²) in [4.78, 5) is 6.80. The molecule has 0 aliphatic carbocycles. The van der Waals surface area contributed by atoms with Crippen molar-refractivity contribution in [3.8, 4) is 6.07 Å². The van der Waals surface area contributed by atoms with E-state index in [1.807, 2.05) is 6.07 Å². The Kier molecular flexibility index (Phi) is 5.94. The van der Waals surface area contributed by atoms with E-state index in [0.717, 1.165) is 8.95 Å². The molecule has 1 aromatic rings. The van der Waals surface area contributed by atoms with Gasteiger partial charge in [-0.2, -0.15) is 5.26 Å². The van der Waals surface area contributed by atoms with E-state index in [2.05, 4.69) is 58.3 Å². The second-order valence-corrected chi connectivity index (χ2v) is 4.76. The van der Waals surface area contributed by atoms with Crippen LogP contribution < -0.4 is 5.32 Å². The van der Waals surface area contributed by atoms with Gasteiger partial charge in [-0.15, -0.1) is 0 Å². The van der Waals surface area contributed by atoms with Crippen molar-refractivity contribution in [1.29, 1.82) is 5.26 Å². The lowest BCUT2D eigenvalue weighted by molar-refractivity contribution is 0.619. The van der Waals surface area contributed by atoms with Crippen LogP contribution in [0.4, 0.5) is 0 Å². The highest BCUT2D eigenvalue weighted by Crippen LogP contribution is 2.24. The molecular formula is C9H8Br2N6. The van der Waals surface area contributed by atoms with E-state index >= 15 is 0 Å². The number of pyridine rings is 1. The van der Waals surface area contributed by atoms with Crippen molar-refractivity contribution in [1.82, 2.24) is 10.3 Å². The van der Waals surface area contributed by atoms with Gasteiger partial charge in [0, 0.05) is 33.1 Å². The molecule has 0 fully saturated rings. The Morgan fingerprint density at radius 2 is 2.41 bits per heavy atom. The fourth-order valence-electron chi connectivity index (χ4n) is 1.14. The van der Waals surface area contributed by atoms with Gasteiger partial charge in [0.2, 0.25) is 0 Å². The van der Waals surface area contributed by atoms with Gasteiger partial charge in [0.1, 0.15) is 6.04 Å². The molecule has 1 aromatic heterocycles. The van der Waals surface area contributed by atoms with Crippen LogP contribution in [0, 0.1) is 11.3 Å². The van der Waals surface area contributed by atoms with Gasteiger partial charge >= 0.3 is 0 Å². The quantitative estimate of drug-likeness (QED) is 0.378. The summed E-state index contributed by atoms with van der Waals surface area (Å²) in [5.74, 6) is 0. The minimum absolute atomic E-state index is 0.294. The van der Waals surface area contributed by atoms with Crippen LogP contribution in [0.5, 0.6) is 0 Å². The van der Waals surface area contributed by atoms with Crippen LogP contribution in [-0.4, -0.2) is 18.1 Å². The first-order valence-electron chi connectivity index (χ1n) is 4.64. The molecule has 0 amide bonds. The number of hydrogen-bond donors (Lipinski definition) is 1. The summed E-state index contributed by atoms with van der Waals surface area (Å²) in [6.07, 6.45) is 1.62. The summed E-state index contributed by atoms with van der Waals surface area (Å²) < 4.78 is 1.58. The molecule has 0 saturated carbocycles. The van der Waals surface area contributed by atoms with E-state index in [-0.39, 0.29) is 0 Å². The molecule has 0 radical (unpaired) electrons. The van der Waals surface area contributed by atoms with Crippen LogP contribution in [-0.2, 0) is 0 Å². The first kappa shape index (κ1) is 13.9. The molecule has 0 aromatic carbocycles. The molecule has 0 spiro atoms. The van der Waals surface area contributed by atoms with Gasteiger partial charge in [-0.1, -0.05) is 5.11 Å². The Labute approximate surface area is 115 Å². The molecule has 1 N–H and O–H groups in total. The van der Waals surface area contributed by atoms with Gasteiger partial charge in [0.05, 0.1) is 11.8 Å². The average molecular weight is 360 g/mol. The fourth-order valence-corrected chi connectivity index (χ4v) is 2.36. The van der Waals surface area contributed by atoms with Gasteiger partial charge in [-0.3, -0.25) is 10.3 Å². The molecule has 1 unspecified atom stereocenters. The lowest BCUT2D eigenvalue weighted by Gasteiger charge is -2.11. The minimum Gasteiger partial charge on any atom is -0.297 e. The normalized spacial score (nSPS) is 11.4. The molecule has 0 saturated heterocycles. The van der Waals surface area contributed by atoms with Crippen LogP contribution in [0.3, 0.4) is 0 Å². The minimum atomic E-state index is -0.536. The van der Waals surface area contributed by atoms with E-state index in [9.17, 15) is 0 Å². The molecule has 88 valence electrons. The summed E-state index contributed by atoms with van der Waals surface area (Å²) in [5, 5.41) is 15.4. The number of nitrogens with zero attached hydrogens (tertiary/aromatic N) is 5. The highest BCUT2D eigenvalue weighted by Gasteiger charge is 2.14. The standard InChI is InChI=1S/C9H8Br2N6/c10-6-3-7(11)9(15-5-6)8(4-12)14-1-2-16-17-13/h3,5,8,14H,1-2H2. The second-order valence-electron chi connectivity index (χ2n) is 2.99. The van der Waals surface area contributed by atoms with Gasteiger partial charge in [-0.25, -0.2) is 0 Å². The molecule has 1 heterocycles. The van der Waals surface area contributed by atoms with E-state index in [1.54, 1.807) is 6.20 Å². The number of nitrogens with one attached hydrogen (secondary N) is 1. The smallest absolute Gasteiger partial charge is 0.139 e. The molecule has 0 aliphatic heterocycles. The van der Waals surface area contributed by atoms with Crippen molar-refractivity contribution in [3.63, 3.8) is 0 Å². The Hall–Kier alpha value is -1.13. The number of nitriles is 1. The SMILES string of the molecule is N#CC(NCCN=[N+]=[N-])c1ncc(Br)cc1Br. The maximum Gasteiger partial charge on any atom is 0.139 e. The third-order valence-corrected chi connectivity index (χ3v) is 2.93. The Balaban J connectivity index is 2.73. The zero-order chi connectivity index (χ0) is 12.7. The third kappa shape index (κ3) is 4.32. The maximum absolute atomic E-state index is 9.04. The summed E-state index contributed by atoms with van der Waals surface area (Å²) in [6, 6.07) is 3.39. The Bertz CT molecular complexity index is 477. The van der Waals surface area contributed by atoms with E-state index in [0.29, 0.717) is 18.8 Å². The monoisotopic (exact) mass is 358 g/mol. The van der Waals surface area contributed by atoms with Gasteiger partial charge in [0.25, 0.3) is 0 Å². The van der Waals surface area contributed by atoms with Crippen molar-refractivity contribution in [3.05, 3.63) is 37.3 Å². The number of halogens is 2. The van der Waals surface area contributed by atoms with Crippen LogP contribution in [0.15, 0.2) is 26.3 Å². The Morgan fingerprint density at radius 1 is 1.65 bits per heavy atom. The van der Waals surface area contributed by atoms with Crippen molar-refractivity contribution < 1.29 is 0 Å². The number of aromatic nitrogens is 1. The van der Waals surface area contributed by atoms with E-state index < -0.39 is 6.04 Å². The van der Waals surface area contributed by atoms with Crippen LogP contribution in [0.25, 0.3) is 10.4 Å². The third-order valence-electron chi connectivity index (χ3n) is 1.86. The number of hydrogen-bond acceptors (Lipinski definition) is 4. The Morgan fingerprint density at radius 3 is 3.00 bits per heavy atom. The predicted octanol–water partition coefficient (Wildman–Crippen LogP) is 3.07. The molecule has 17 heavy (non-hydrogen) atoms. The summed E-state index contributed by atoms with van der Waals surface area (Å²) in [5.41, 5.74) is 8.73. The number of rotatable bonds is 5. The molecule has 1 rings (SSSR count). The lowest BCUT2D eigenvalue weighted by atomic mass is 10.2. The van der Waals surface area contributed by atoms with E-state index in [4.69, 9.17) is 10.8 Å². The topological polar surface area (TPSA) is 97.5 Å². The first-order chi connectivity index (χ1) is 8.19. The second kappa shape index (κ2) is 7.25. The molecule has 8 heteroatoms. The van der Waals surface area contributed by atoms with Crippen molar-refractivity contribution in [2.45, 2.75) is 6.04 Å². The fraction of sp³-hybridized carbons (Fsp3) is 0.333. The summed E-state index contributed by atoms with van der Waals surface area (Å²) in [7, 11) is 0. The summed E-state index contributed by atoms with van der Waals surface area (Å²) >= 11 is 6.64. The van der Waals surface area contributed by atoms with Crippen LogP contribution in [0.1, 0.15) is 11.7 Å². The molecule has 0 aliphatic rings. The molecule has 6 nitrogen and oxygen atoms in total. The van der Waals surface area contributed by atoms with Gasteiger partial charge in [0.15, 0.2) is 0 Å². The zero-order valence-corrected chi connectivity index (χ0v) is 11.8. The van der Waals surface area contributed by atoms with Crippen LogP contribution >= 0.6 is 31.9 Å². The highest BCUT2D eigenvalue weighted by atomic mass is 79.9. The lowest BCUT2D eigenvalue weighted by Crippen LogP contribution is -2.23. The van der Waals surface area contributed by atoms with Crippen LogP contribution in [0.2, 0.25) is 0 Å².